The van der Waals surface area contributed by atoms with Crippen LogP contribution in [-0.2, 0) is 0 Å². The van der Waals surface area contributed by atoms with Gasteiger partial charge >= 0.3 is 0 Å². The van der Waals surface area contributed by atoms with Gasteiger partial charge in [-0.2, -0.15) is 12.6 Å². The lowest BCUT2D eigenvalue weighted by Crippen LogP contribution is -2.17. The summed E-state index contributed by atoms with van der Waals surface area (Å²) >= 11 is 13.2. The van der Waals surface area contributed by atoms with Gasteiger partial charge in [-0.3, -0.25) is 0 Å². The minimum absolute atomic E-state index is 0.626. The van der Waals surface area contributed by atoms with Gasteiger partial charge in [0.2, 0.25) is 0 Å². The lowest BCUT2D eigenvalue weighted by Gasteiger charge is -2.04. The summed E-state index contributed by atoms with van der Waals surface area (Å²) in [5.74, 6) is 1.06. The Morgan fingerprint density at radius 2 is 0.714 bits per heavy atom. The topological polar surface area (TPSA) is 12.0 Å². The molecule has 0 aliphatic carbocycles. The van der Waals surface area contributed by atoms with Gasteiger partial charge in [-0.1, -0.05) is 134 Å². The fourth-order valence-electron chi connectivity index (χ4n) is 3.79. The molecule has 0 spiro atoms. The van der Waals surface area contributed by atoms with Crippen LogP contribution in [0.25, 0.3) is 0 Å². The van der Waals surface area contributed by atoms with Gasteiger partial charge in [0.15, 0.2) is 0 Å². The molecule has 0 bridgehead atoms. The standard InChI is InChI=1S/C24H49NS3/c26-23-21-19-17-15-13-11-9-7-5-3-1-2-4-6-8-10-12-14-16-18-20-22-25-24(27)28/h26H,1-23H2,(H2,25,27,28). The van der Waals surface area contributed by atoms with Crippen LogP contribution in [0, 0.1) is 0 Å². The molecule has 0 aliphatic rings. The van der Waals surface area contributed by atoms with E-state index in [0.29, 0.717) is 4.32 Å². The molecule has 0 rings (SSSR count). The summed E-state index contributed by atoms with van der Waals surface area (Å²) in [5, 5.41) is 3.10. The van der Waals surface area contributed by atoms with Crippen LogP contribution in [-0.4, -0.2) is 16.6 Å². The Morgan fingerprint density at radius 3 is 0.964 bits per heavy atom. The molecule has 4 heteroatoms. The van der Waals surface area contributed by atoms with E-state index in [9.17, 15) is 0 Å². The van der Waals surface area contributed by atoms with Gasteiger partial charge in [0.25, 0.3) is 0 Å². The molecule has 0 aromatic carbocycles. The molecule has 0 heterocycles. The maximum absolute atomic E-state index is 4.88. The summed E-state index contributed by atoms with van der Waals surface area (Å²) in [6.07, 6.45) is 29.8. The van der Waals surface area contributed by atoms with Crippen molar-refractivity contribution in [3.8, 4) is 0 Å². The zero-order chi connectivity index (χ0) is 20.5. The molecule has 0 saturated heterocycles. The van der Waals surface area contributed by atoms with Crippen LogP contribution in [0.3, 0.4) is 0 Å². The third-order valence-electron chi connectivity index (χ3n) is 5.61. The normalized spacial score (nSPS) is 11.1. The molecule has 0 aromatic rings. The molecule has 1 nitrogen and oxygen atoms in total. The largest absolute Gasteiger partial charge is 0.371 e. The number of thiol groups is 2. The second-order valence-electron chi connectivity index (χ2n) is 8.38. The molecule has 0 unspecified atom stereocenters. The Kier molecular flexibility index (Phi) is 26.2. The average Bonchev–Trinajstić information content (AvgIpc) is 2.68. The van der Waals surface area contributed by atoms with E-state index in [2.05, 4.69) is 30.6 Å². The Balaban J connectivity index is 2.99. The van der Waals surface area contributed by atoms with Gasteiger partial charge in [-0.15, -0.1) is 12.6 Å². The van der Waals surface area contributed by atoms with Crippen LogP contribution < -0.4 is 5.32 Å². The number of rotatable bonds is 23. The summed E-state index contributed by atoms with van der Waals surface area (Å²) < 4.78 is 0.626. The molecular formula is C24H49NS3. The van der Waals surface area contributed by atoms with Gasteiger partial charge in [-0.25, -0.2) is 0 Å². The molecule has 0 aromatic heterocycles. The fourth-order valence-corrected chi connectivity index (χ4v) is 4.23. The number of nitrogens with one attached hydrogen (secondary N) is 1. The van der Waals surface area contributed by atoms with E-state index in [0.717, 1.165) is 12.3 Å². The van der Waals surface area contributed by atoms with E-state index in [1.165, 1.54) is 135 Å². The van der Waals surface area contributed by atoms with E-state index in [4.69, 9.17) is 12.2 Å². The van der Waals surface area contributed by atoms with Crippen molar-refractivity contribution in [3.05, 3.63) is 0 Å². The molecule has 0 atom stereocenters. The molecule has 28 heavy (non-hydrogen) atoms. The van der Waals surface area contributed by atoms with Gasteiger partial charge < -0.3 is 5.32 Å². The highest BCUT2D eigenvalue weighted by atomic mass is 32.1. The second-order valence-corrected chi connectivity index (χ2v) is 9.99. The van der Waals surface area contributed by atoms with Crippen LogP contribution in [0.4, 0.5) is 0 Å². The van der Waals surface area contributed by atoms with Crippen LogP contribution >= 0.6 is 37.5 Å². The smallest absolute Gasteiger partial charge is 0.130 e. The maximum Gasteiger partial charge on any atom is 0.130 e. The van der Waals surface area contributed by atoms with Gasteiger partial charge in [0.1, 0.15) is 4.32 Å². The molecule has 1 N–H and O–H groups in total. The second kappa shape index (κ2) is 25.6. The Bertz CT molecular complexity index is 310. The first-order chi connectivity index (χ1) is 13.8. The third-order valence-corrected chi connectivity index (χ3v) is 6.23. The van der Waals surface area contributed by atoms with Crippen molar-refractivity contribution in [2.45, 2.75) is 135 Å². The number of thiocarbonyl (C=S) groups is 1. The van der Waals surface area contributed by atoms with Crippen molar-refractivity contribution in [3.63, 3.8) is 0 Å². The Labute approximate surface area is 193 Å². The van der Waals surface area contributed by atoms with Crippen molar-refractivity contribution >= 4 is 41.8 Å². The van der Waals surface area contributed by atoms with Crippen molar-refractivity contribution in [1.29, 1.82) is 0 Å². The fraction of sp³-hybridized carbons (Fsp3) is 0.958. The van der Waals surface area contributed by atoms with E-state index in [-0.39, 0.29) is 0 Å². The summed E-state index contributed by atoms with van der Waals surface area (Å²) in [6, 6.07) is 0. The van der Waals surface area contributed by atoms with Gasteiger partial charge in [0, 0.05) is 6.54 Å². The summed E-state index contributed by atoms with van der Waals surface area (Å²) in [6.45, 7) is 0.985. The SMILES string of the molecule is S=C(S)NCCCCCCCCCCCCCCCCCCCCCCCS. The van der Waals surface area contributed by atoms with E-state index >= 15 is 0 Å². The van der Waals surface area contributed by atoms with Crippen molar-refractivity contribution in [2.75, 3.05) is 12.3 Å². The van der Waals surface area contributed by atoms with Gasteiger partial charge in [-0.05, 0) is 18.6 Å². The first-order valence-corrected chi connectivity index (χ1v) is 13.8. The van der Waals surface area contributed by atoms with Crippen molar-refractivity contribution in [2.24, 2.45) is 0 Å². The molecule has 0 fully saturated rings. The lowest BCUT2D eigenvalue weighted by molar-refractivity contribution is 0.520. The molecule has 0 aliphatic heterocycles. The number of unbranched alkanes of at least 4 members (excludes halogenated alkanes) is 20. The first kappa shape index (κ1) is 28.6. The highest BCUT2D eigenvalue weighted by Crippen LogP contribution is 2.15. The van der Waals surface area contributed by atoms with E-state index in [1.54, 1.807) is 0 Å². The molecule has 0 saturated carbocycles. The average molecular weight is 448 g/mol. The number of hydrogen-bond acceptors (Lipinski definition) is 2. The molecule has 0 amide bonds. The number of hydrogen-bond donors (Lipinski definition) is 3. The Morgan fingerprint density at radius 1 is 0.464 bits per heavy atom. The summed E-state index contributed by atoms with van der Waals surface area (Å²) in [7, 11) is 0. The highest BCUT2D eigenvalue weighted by molar-refractivity contribution is 8.11. The molecular weight excluding hydrogens is 398 g/mol. The summed E-state index contributed by atoms with van der Waals surface area (Å²) in [4.78, 5) is 0. The van der Waals surface area contributed by atoms with Crippen molar-refractivity contribution in [1.82, 2.24) is 5.32 Å². The molecule has 0 radical (unpaired) electrons. The lowest BCUT2D eigenvalue weighted by atomic mass is 10.0. The maximum atomic E-state index is 4.88. The minimum atomic E-state index is 0.626. The quantitative estimate of drug-likeness (QED) is 0.0821. The van der Waals surface area contributed by atoms with Gasteiger partial charge in [0.05, 0.1) is 0 Å². The third kappa shape index (κ3) is 26.6. The van der Waals surface area contributed by atoms with Crippen LogP contribution in [0.2, 0.25) is 0 Å². The van der Waals surface area contributed by atoms with Crippen LogP contribution in [0.15, 0.2) is 0 Å². The Hall–Kier alpha value is 0.590. The summed E-state index contributed by atoms with van der Waals surface area (Å²) in [5.41, 5.74) is 0. The first-order valence-electron chi connectivity index (χ1n) is 12.3. The van der Waals surface area contributed by atoms with Crippen LogP contribution in [0.5, 0.6) is 0 Å². The minimum Gasteiger partial charge on any atom is -0.371 e. The van der Waals surface area contributed by atoms with Crippen molar-refractivity contribution < 1.29 is 0 Å². The monoisotopic (exact) mass is 447 g/mol. The predicted molar refractivity (Wildman–Crippen MR) is 140 cm³/mol. The van der Waals surface area contributed by atoms with Crippen LogP contribution in [0.1, 0.15) is 135 Å². The molecule has 168 valence electrons. The zero-order valence-electron chi connectivity index (χ0n) is 18.6. The highest BCUT2D eigenvalue weighted by Gasteiger charge is 1.96. The predicted octanol–water partition coefficient (Wildman–Crippen LogP) is 8.91. The van der Waals surface area contributed by atoms with E-state index in [1.807, 2.05) is 0 Å². The van der Waals surface area contributed by atoms with E-state index < -0.39 is 0 Å². The zero-order valence-corrected chi connectivity index (χ0v) is 21.2.